The number of amides is 2. The molecule has 1 unspecified atom stereocenters. The smallest absolute Gasteiger partial charge is 0.242 e. The first-order valence-electron chi connectivity index (χ1n) is 12.2. The van der Waals surface area contributed by atoms with Gasteiger partial charge in [-0.1, -0.05) is 35.9 Å². The van der Waals surface area contributed by atoms with Crippen LogP contribution in [0.25, 0.3) is 0 Å². The second-order valence-electron chi connectivity index (χ2n) is 8.76. The van der Waals surface area contributed by atoms with Crippen LogP contribution in [0.4, 0.5) is 4.39 Å². The van der Waals surface area contributed by atoms with Gasteiger partial charge in [0.2, 0.25) is 11.8 Å². The van der Waals surface area contributed by atoms with Crippen molar-refractivity contribution in [1.82, 2.24) is 9.80 Å². The highest BCUT2D eigenvalue weighted by atomic mass is 35.5. The molecule has 5 nitrogen and oxygen atoms in total. The lowest BCUT2D eigenvalue weighted by atomic mass is 9.93. The Morgan fingerprint density at radius 3 is 2.61 bits per heavy atom. The maximum Gasteiger partial charge on any atom is 0.242 e. The standard InChI is InChI=1S/C28H30ClFN2O3S/c1-2-35-16-3-14-31(26(33)18-20-4-10-23(30)11-5-20)19-27(34)32-15-12-25-24(13-17-36-25)28(32)21-6-8-22(29)9-7-21/h4-11,13,17,28H,2-3,12,14-16,18-19H2,1H3. The Morgan fingerprint density at radius 1 is 1.14 bits per heavy atom. The van der Waals surface area contributed by atoms with Gasteiger partial charge in [0, 0.05) is 36.2 Å². The Bertz CT molecular complexity index is 1170. The van der Waals surface area contributed by atoms with Crippen LogP contribution in [0.15, 0.2) is 60.0 Å². The molecule has 36 heavy (non-hydrogen) atoms. The van der Waals surface area contributed by atoms with Crippen LogP contribution in [0.5, 0.6) is 0 Å². The molecule has 0 aliphatic carbocycles. The summed E-state index contributed by atoms with van der Waals surface area (Å²) >= 11 is 7.83. The molecule has 2 aromatic carbocycles. The summed E-state index contributed by atoms with van der Waals surface area (Å²) in [4.78, 5) is 31.7. The van der Waals surface area contributed by atoms with Crippen LogP contribution in [0.3, 0.4) is 0 Å². The van der Waals surface area contributed by atoms with Crippen LogP contribution >= 0.6 is 22.9 Å². The van der Waals surface area contributed by atoms with E-state index in [4.69, 9.17) is 16.3 Å². The van der Waals surface area contributed by atoms with Crippen molar-refractivity contribution in [2.24, 2.45) is 0 Å². The molecule has 0 saturated heterocycles. The van der Waals surface area contributed by atoms with E-state index >= 15 is 0 Å². The van der Waals surface area contributed by atoms with Crippen molar-refractivity contribution >= 4 is 34.8 Å². The number of hydrogen-bond donors (Lipinski definition) is 0. The fourth-order valence-electron chi connectivity index (χ4n) is 4.53. The molecule has 1 aliphatic heterocycles. The molecule has 2 amide bonds. The highest BCUT2D eigenvalue weighted by Crippen LogP contribution is 2.38. The molecule has 1 aliphatic rings. The van der Waals surface area contributed by atoms with Crippen molar-refractivity contribution in [2.45, 2.75) is 32.2 Å². The normalized spacial score (nSPS) is 15.0. The van der Waals surface area contributed by atoms with Crippen molar-refractivity contribution in [3.63, 3.8) is 0 Å². The summed E-state index contributed by atoms with van der Waals surface area (Å²) in [7, 11) is 0. The molecule has 2 heterocycles. The first-order valence-corrected chi connectivity index (χ1v) is 13.4. The predicted molar refractivity (Wildman–Crippen MR) is 141 cm³/mol. The van der Waals surface area contributed by atoms with Gasteiger partial charge in [-0.2, -0.15) is 0 Å². The van der Waals surface area contributed by atoms with Crippen LogP contribution in [-0.4, -0.2) is 54.5 Å². The summed E-state index contributed by atoms with van der Waals surface area (Å²) < 4.78 is 18.8. The van der Waals surface area contributed by atoms with E-state index in [2.05, 4.69) is 11.4 Å². The number of nitrogens with zero attached hydrogens (tertiary/aromatic N) is 2. The topological polar surface area (TPSA) is 49.9 Å². The van der Waals surface area contributed by atoms with Gasteiger partial charge >= 0.3 is 0 Å². The lowest BCUT2D eigenvalue weighted by Gasteiger charge is -2.37. The second-order valence-corrected chi connectivity index (χ2v) is 10.2. The number of rotatable bonds is 10. The van der Waals surface area contributed by atoms with Crippen LogP contribution in [0.1, 0.15) is 41.0 Å². The van der Waals surface area contributed by atoms with Crippen molar-refractivity contribution in [3.8, 4) is 0 Å². The molecule has 0 radical (unpaired) electrons. The molecule has 0 N–H and O–H groups in total. The number of hydrogen-bond acceptors (Lipinski definition) is 4. The zero-order valence-electron chi connectivity index (χ0n) is 20.3. The van der Waals surface area contributed by atoms with Crippen LogP contribution in [0, 0.1) is 5.82 Å². The number of benzene rings is 2. The minimum atomic E-state index is -0.346. The average Bonchev–Trinajstić information content (AvgIpc) is 3.36. The van der Waals surface area contributed by atoms with E-state index in [0.29, 0.717) is 43.3 Å². The third kappa shape index (κ3) is 6.52. The average molecular weight is 529 g/mol. The van der Waals surface area contributed by atoms with Gasteiger partial charge in [0.1, 0.15) is 5.82 Å². The number of ether oxygens (including phenoxy) is 1. The lowest BCUT2D eigenvalue weighted by Crippen LogP contribution is -2.47. The lowest BCUT2D eigenvalue weighted by molar-refractivity contribution is -0.141. The summed E-state index contributed by atoms with van der Waals surface area (Å²) in [6, 6.07) is 15.4. The second kappa shape index (κ2) is 12.5. The van der Waals surface area contributed by atoms with Gasteiger partial charge in [-0.15, -0.1) is 11.3 Å². The highest BCUT2D eigenvalue weighted by molar-refractivity contribution is 7.10. The number of thiophene rings is 1. The zero-order valence-corrected chi connectivity index (χ0v) is 21.9. The summed E-state index contributed by atoms with van der Waals surface area (Å²) in [6.45, 7) is 4.01. The third-order valence-electron chi connectivity index (χ3n) is 6.34. The largest absolute Gasteiger partial charge is 0.382 e. The number of halogens is 2. The fourth-order valence-corrected chi connectivity index (χ4v) is 5.56. The van der Waals surface area contributed by atoms with E-state index in [1.165, 1.54) is 17.0 Å². The van der Waals surface area contributed by atoms with Crippen LogP contribution < -0.4 is 0 Å². The molecule has 4 rings (SSSR count). The quantitative estimate of drug-likeness (QED) is 0.326. The fraction of sp³-hybridized carbons (Fsp3) is 0.357. The molecular weight excluding hydrogens is 499 g/mol. The third-order valence-corrected chi connectivity index (χ3v) is 7.59. The maximum absolute atomic E-state index is 13.7. The molecular formula is C28H30ClFN2O3S. The van der Waals surface area contributed by atoms with Gasteiger partial charge in [0.05, 0.1) is 19.0 Å². The number of fused-ring (bicyclic) bond motifs is 1. The minimum absolute atomic E-state index is 0.0181. The van der Waals surface area contributed by atoms with Crippen molar-refractivity contribution in [1.29, 1.82) is 0 Å². The molecule has 0 spiro atoms. The van der Waals surface area contributed by atoms with E-state index < -0.39 is 0 Å². The van der Waals surface area contributed by atoms with Crippen molar-refractivity contribution in [3.05, 3.63) is 92.4 Å². The number of carbonyl (C=O) groups excluding carboxylic acids is 2. The van der Waals surface area contributed by atoms with Crippen LogP contribution in [-0.2, 0) is 27.2 Å². The van der Waals surface area contributed by atoms with E-state index in [1.54, 1.807) is 28.4 Å². The maximum atomic E-state index is 13.7. The van der Waals surface area contributed by atoms with Crippen LogP contribution in [0.2, 0.25) is 5.02 Å². The minimum Gasteiger partial charge on any atom is -0.382 e. The molecule has 190 valence electrons. The highest BCUT2D eigenvalue weighted by Gasteiger charge is 2.34. The van der Waals surface area contributed by atoms with Crippen molar-refractivity contribution < 1.29 is 18.7 Å². The zero-order chi connectivity index (χ0) is 25.5. The van der Waals surface area contributed by atoms with E-state index in [-0.39, 0.29) is 36.6 Å². The van der Waals surface area contributed by atoms with Gasteiger partial charge < -0.3 is 14.5 Å². The molecule has 0 bridgehead atoms. The summed E-state index contributed by atoms with van der Waals surface area (Å²) in [6.07, 6.45) is 1.53. The Morgan fingerprint density at radius 2 is 1.89 bits per heavy atom. The molecule has 0 fully saturated rings. The summed E-state index contributed by atoms with van der Waals surface area (Å²) in [5, 5.41) is 2.71. The molecule has 0 saturated carbocycles. The van der Waals surface area contributed by atoms with Gasteiger partial charge in [-0.3, -0.25) is 9.59 Å². The van der Waals surface area contributed by atoms with Gasteiger partial charge in [0.25, 0.3) is 0 Å². The molecule has 3 aromatic rings. The molecule has 1 atom stereocenters. The predicted octanol–water partition coefficient (Wildman–Crippen LogP) is 5.51. The van der Waals surface area contributed by atoms with Gasteiger partial charge in [0.15, 0.2) is 0 Å². The molecule has 8 heteroatoms. The molecule has 1 aromatic heterocycles. The summed E-state index contributed by atoms with van der Waals surface area (Å²) in [5.74, 6) is -0.612. The van der Waals surface area contributed by atoms with Crippen molar-refractivity contribution in [2.75, 3.05) is 32.8 Å². The first-order chi connectivity index (χ1) is 17.5. The monoisotopic (exact) mass is 528 g/mol. The SMILES string of the molecule is CCOCCCN(CC(=O)N1CCc2sccc2C1c1ccc(Cl)cc1)C(=O)Cc1ccc(F)cc1. The van der Waals surface area contributed by atoms with Gasteiger partial charge in [-0.05, 0) is 72.2 Å². The summed E-state index contributed by atoms with van der Waals surface area (Å²) in [5.41, 5.74) is 2.83. The van der Waals surface area contributed by atoms with E-state index in [1.807, 2.05) is 36.1 Å². The Balaban J connectivity index is 1.53. The van der Waals surface area contributed by atoms with E-state index in [0.717, 1.165) is 17.5 Å². The number of carbonyl (C=O) groups is 2. The Labute approximate surface area is 220 Å². The first kappa shape index (κ1) is 26.3. The van der Waals surface area contributed by atoms with E-state index in [9.17, 15) is 14.0 Å². The Hall–Kier alpha value is -2.74. The van der Waals surface area contributed by atoms with Gasteiger partial charge in [-0.25, -0.2) is 4.39 Å². The Kier molecular flexibility index (Phi) is 9.13.